The first-order valence-electron chi connectivity index (χ1n) is 18.3. The molecular formula is C38H41F5N4O4. The average molecular weight is 713 g/mol. The molecule has 0 radical (unpaired) electrons. The first kappa shape index (κ1) is 33.1. The average Bonchev–Trinajstić information content (AvgIpc) is 3.84. The fourth-order valence-corrected chi connectivity index (χ4v) is 10.5. The zero-order valence-corrected chi connectivity index (χ0v) is 28.1. The van der Waals surface area contributed by atoms with Gasteiger partial charge in [0.05, 0.1) is 36.0 Å². The third-order valence-corrected chi connectivity index (χ3v) is 12.9. The topological polar surface area (TPSA) is 96.7 Å². The van der Waals surface area contributed by atoms with Gasteiger partial charge in [0.15, 0.2) is 5.69 Å². The van der Waals surface area contributed by atoms with Gasteiger partial charge in [-0.25, -0.2) is 18.6 Å². The molecule has 1 aromatic carbocycles. The largest absolute Gasteiger partial charge is 0.490 e. The summed E-state index contributed by atoms with van der Waals surface area (Å²) < 4.78 is 79.1. The Balaban J connectivity index is 0.982. The maximum atomic E-state index is 14.7. The number of hydrogen-bond acceptors (Lipinski definition) is 5. The number of benzene rings is 1. The molecule has 7 fully saturated rings. The molecular weight excluding hydrogens is 671 g/mol. The summed E-state index contributed by atoms with van der Waals surface area (Å²) in [6, 6.07) is 8.41. The van der Waals surface area contributed by atoms with E-state index >= 15 is 0 Å². The number of alkyl halides is 5. The van der Waals surface area contributed by atoms with Crippen LogP contribution in [0.15, 0.2) is 36.5 Å². The monoisotopic (exact) mass is 712 g/mol. The first-order valence-corrected chi connectivity index (χ1v) is 18.3. The second kappa shape index (κ2) is 11.6. The number of aliphatic carboxylic acids is 1. The van der Waals surface area contributed by atoms with Crippen molar-refractivity contribution >= 4 is 22.8 Å². The van der Waals surface area contributed by atoms with Crippen molar-refractivity contribution in [3.8, 4) is 17.0 Å². The summed E-state index contributed by atoms with van der Waals surface area (Å²) in [6.45, 7) is -0.356. The molecule has 4 bridgehead atoms. The summed E-state index contributed by atoms with van der Waals surface area (Å²) in [4.78, 5) is 32.4. The Morgan fingerprint density at radius 3 is 2.12 bits per heavy atom. The number of carbonyl (C=O) groups excluding carboxylic acids is 1. The number of likely N-dealkylation sites (tertiary alicyclic amines) is 1. The highest BCUT2D eigenvalue weighted by Crippen LogP contribution is 2.58. The molecule has 0 unspecified atom stereocenters. The second-order valence-electron chi connectivity index (χ2n) is 16.2. The van der Waals surface area contributed by atoms with Gasteiger partial charge in [-0.2, -0.15) is 13.2 Å². The predicted octanol–water partition coefficient (Wildman–Crippen LogP) is 7.71. The third kappa shape index (κ3) is 5.68. The number of nitrogens with zero attached hydrogens (tertiary/aromatic N) is 3. The number of hydrogen-bond donors (Lipinski definition) is 2. The molecule has 0 spiro atoms. The number of aromatic nitrogens is 2. The molecule has 3 heterocycles. The molecule has 6 saturated carbocycles. The van der Waals surface area contributed by atoms with Gasteiger partial charge in [-0.1, -0.05) is 0 Å². The van der Waals surface area contributed by atoms with Crippen LogP contribution in [0.5, 0.6) is 5.75 Å². The highest BCUT2D eigenvalue weighted by atomic mass is 19.4. The van der Waals surface area contributed by atoms with Gasteiger partial charge in [0.1, 0.15) is 11.3 Å². The van der Waals surface area contributed by atoms with Crippen LogP contribution < -0.4 is 10.1 Å². The number of fused-ring (bicyclic) bond motifs is 1. The summed E-state index contributed by atoms with van der Waals surface area (Å²) in [6.07, 6.45) is 5.41. The van der Waals surface area contributed by atoms with E-state index in [0.717, 1.165) is 56.5 Å². The number of carboxylic acids is 1. The van der Waals surface area contributed by atoms with Gasteiger partial charge in [-0.05, 0) is 119 Å². The van der Waals surface area contributed by atoms with Crippen molar-refractivity contribution in [1.82, 2.24) is 19.8 Å². The molecule has 1 aliphatic heterocycles. The Bertz CT molecular complexity index is 1860. The van der Waals surface area contributed by atoms with Crippen LogP contribution in [0.4, 0.5) is 22.0 Å². The Kier molecular flexibility index (Phi) is 7.55. The number of ether oxygens (including phenoxy) is 1. The van der Waals surface area contributed by atoms with Gasteiger partial charge in [0.25, 0.3) is 11.8 Å². The van der Waals surface area contributed by atoms with Crippen molar-refractivity contribution in [3.63, 3.8) is 0 Å². The van der Waals surface area contributed by atoms with E-state index < -0.39 is 40.8 Å². The molecule has 7 aliphatic rings. The maximum absolute atomic E-state index is 14.7. The number of halogens is 5. The minimum Gasteiger partial charge on any atom is -0.490 e. The Morgan fingerprint density at radius 1 is 0.882 bits per heavy atom. The van der Waals surface area contributed by atoms with Crippen molar-refractivity contribution in [2.75, 3.05) is 13.1 Å². The smallest absolute Gasteiger partial charge is 0.434 e. The Hall–Kier alpha value is -3.74. The molecule has 3 aromatic rings. The van der Waals surface area contributed by atoms with Crippen LogP contribution in [0.3, 0.4) is 0 Å². The van der Waals surface area contributed by atoms with Crippen molar-refractivity contribution in [1.29, 1.82) is 0 Å². The summed E-state index contributed by atoms with van der Waals surface area (Å²) >= 11 is 0. The number of nitrogens with one attached hydrogen (secondary N) is 1. The summed E-state index contributed by atoms with van der Waals surface area (Å²) in [7, 11) is 0. The standard InChI is InChI=1S/C38H41F5N4O4/c39-36(40)18-46(19-36)24-3-5-26(6-4-24)51-27-7-8-28-30(17-47(25-1-2-25)32(28)16-27)31-10-9-29(33(44-31)38(41,42)43)34(48)45-37(35(49)50)22-12-20-11-21(14-22)15-23(37)13-20/h7-10,16-17,20-26H,1-6,11-15,18-19H2,(H,45,48)(H,49,50). The van der Waals surface area contributed by atoms with E-state index in [1.165, 1.54) is 6.07 Å². The van der Waals surface area contributed by atoms with Crippen LogP contribution in [0, 0.1) is 23.7 Å². The minimum absolute atomic E-state index is 0.0573. The van der Waals surface area contributed by atoms with E-state index in [0.29, 0.717) is 54.2 Å². The van der Waals surface area contributed by atoms with Gasteiger partial charge >= 0.3 is 12.1 Å². The van der Waals surface area contributed by atoms with E-state index in [2.05, 4.69) is 14.9 Å². The number of pyridine rings is 1. The van der Waals surface area contributed by atoms with E-state index in [4.69, 9.17) is 4.74 Å². The number of rotatable bonds is 8. The number of carboxylic acid groups (broad SMARTS) is 1. The minimum atomic E-state index is -4.96. The lowest BCUT2D eigenvalue weighted by molar-refractivity contribution is -0.163. The van der Waals surface area contributed by atoms with Crippen molar-refractivity contribution in [2.45, 2.75) is 106 Å². The molecule has 8 nitrogen and oxygen atoms in total. The number of carbonyl (C=O) groups is 2. The highest BCUT2D eigenvalue weighted by Gasteiger charge is 2.62. The molecule has 1 amide bonds. The second-order valence-corrected chi connectivity index (χ2v) is 16.2. The van der Waals surface area contributed by atoms with Gasteiger partial charge < -0.3 is 19.7 Å². The van der Waals surface area contributed by atoms with Crippen molar-refractivity contribution < 1.29 is 41.4 Å². The Labute approximate surface area is 291 Å². The molecule has 51 heavy (non-hydrogen) atoms. The van der Waals surface area contributed by atoms with E-state index in [9.17, 15) is 36.6 Å². The Morgan fingerprint density at radius 2 is 1.53 bits per heavy atom. The quantitative estimate of drug-likeness (QED) is 0.233. The predicted molar refractivity (Wildman–Crippen MR) is 177 cm³/mol. The van der Waals surface area contributed by atoms with Crippen molar-refractivity contribution in [3.05, 3.63) is 47.8 Å². The summed E-state index contributed by atoms with van der Waals surface area (Å²) in [5.74, 6) is -4.00. The van der Waals surface area contributed by atoms with Crippen molar-refractivity contribution in [2.24, 2.45) is 23.7 Å². The van der Waals surface area contributed by atoms with Crippen LogP contribution in [-0.4, -0.2) is 68.1 Å². The molecule has 1 saturated heterocycles. The molecule has 2 aromatic heterocycles. The molecule has 13 heteroatoms. The van der Waals surface area contributed by atoms with Crippen LogP contribution >= 0.6 is 0 Å². The molecule has 10 rings (SSSR count). The molecule has 2 N–H and O–H groups in total. The van der Waals surface area contributed by atoms with Gasteiger partial charge in [0, 0.05) is 35.3 Å². The van der Waals surface area contributed by atoms with E-state index in [1.54, 1.807) is 6.07 Å². The zero-order valence-electron chi connectivity index (χ0n) is 28.1. The fourth-order valence-electron chi connectivity index (χ4n) is 10.5. The first-order chi connectivity index (χ1) is 24.3. The summed E-state index contributed by atoms with van der Waals surface area (Å²) in [5.41, 5.74) is -2.24. The van der Waals surface area contributed by atoms with Gasteiger partial charge in [-0.3, -0.25) is 9.69 Å². The lowest BCUT2D eigenvalue weighted by Gasteiger charge is -2.59. The fraction of sp³-hybridized carbons (Fsp3) is 0.605. The summed E-state index contributed by atoms with van der Waals surface area (Å²) in [5, 5.41) is 13.8. The van der Waals surface area contributed by atoms with E-state index in [1.807, 2.05) is 23.2 Å². The highest BCUT2D eigenvalue weighted by molar-refractivity contribution is 6.00. The molecule has 0 atom stereocenters. The van der Waals surface area contributed by atoms with Crippen LogP contribution in [0.25, 0.3) is 22.2 Å². The zero-order chi connectivity index (χ0) is 35.4. The lowest BCUT2D eigenvalue weighted by Crippen LogP contribution is -2.70. The number of amides is 1. The van der Waals surface area contributed by atoms with E-state index in [-0.39, 0.29) is 48.8 Å². The normalized spacial score (nSPS) is 32.9. The third-order valence-electron chi connectivity index (χ3n) is 12.9. The SMILES string of the molecule is O=C(NC1(C(=O)O)C2CC3CC(C2)CC1C3)c1ccc(-c2cn(C3CC3)c3cc(OC4CCC(N5CC(F)(F)C5)CC4)ccc23)nc1C(F)(F)F. The van der Waals surface area contributed by atoms with Gasteiger partial charge in [-0.15, -0.1) is 0 Å². The van der Waals surface area contributed by atoms with Crippen LogP contribution in [0.2, 0.25) is 0 Å². The molecule has 272 valence electrons. The maximum Gasteiger partial charge on any atom is 0.434 e. The van der Waals surface area contributed by atoms with Crippen LogP contribution in [0.1, 0.15) is 92.7 Å². The van der Waals surface area contributed by atoms with Gasteiger partial charge in [0.2, 0.25) is 0 Å². The molecule has 6 aliphatic carbocycles. The van der Waals surface area contributed by atoms with Crippen LogP contribution in [-0.2, 0) is 11.0 Å². The lowest BCUT2D eigenvalue weighted by atomic mass is 9.48.